The van der Waals surface area contributed by atoms with Crippen molar-refractivity contribution in [3.8, 4) is 0 Å². The molecule has 2 aromatic carbocycles. The molecule has 0 unspecified atom stereocenters. The first kappa shape index (κ1) is 20.3. The maximum atomic E-state index is 11.3. The van der Waals surface area contributed by atoms with E-state index in [1.807, 2.05) is 0 Å². The van der Waals surface area contributed by atoms with E-state index < -0.39 is 23.1 Å². The van der Waals surface area contributed by atoms with Gasteiger partial charge in [-0.3, -0.25) is 28.8 Å². The van der Waals surface area contributed by atoms with Crippen LogP contribution in [-0.2, 0) is 26.7 Å². The van der Waals surface area contributed by atoms with Crippen molar-refractivity contribution in [2.24, 2.45) is 0 Å². The van der Waals surface area contributed by atoms with Crippen LogP contribution in [0.5, 0.6) is 0 Å². The van der Waals surface area contributed by atoms with Gasteiger partial charge in [-0.1, -0.05) is 48.5 Å². The van der Waals surface area contributed by atoms with E-state index in [1.165, 1.54) is 12.1 Å². The minimum atomic E-state index is -0.608. The van der Waals surface area contributed by atoms with Crippen LogP contribution in [0.25, 0.3) is 0 Å². The Morgan fingerprint density at radius 2 is 0.741 bits per heavy atom. The van der Waals surface area contributed by atoms with Gasteiger partial charge in [-0.15, -0.1) is 0 Å². The van der Waals surface area contributed by atoms with Crippen molar-refractivity contribution >= 4 is 34.7 Å². The molecule has 0 saturated heterocycles. The molecule has 4 rings (SSSR count). The Morgan fingerprint density at radius 3 is 1.07 bits per heavy atom. The smallest absolute Gasteiger partial charge is 0.229 e. The van der Waals surface area contributed by atoms with Gasteiger partial charge in [0.25, 0.3) is 0 Å². The van der Waals surface area contributed by atoms with Gasteiger partial charge in [0.05, 0.1) is 12.8 Å². The van der Waals surface area contributed by atoms with Crippen LogP contribution in [0.4, 0.5) is 0 Å². The molecule has 0 spiro atoms. The Bertz CT molecular complexity index is 924. The topological polar surface area (TPSA) is 102 Å². The number of carbonyl (C=O) groups is 6. The molecule has 0 radical (unpaired) electrons. The van der Waals surface area contributed by atoms with Crippen molar-refractivity contribution in [2.75, 3.05) is 0 Å². The van der Waals surface area contributed by atoms with Crippen molar-refractivity contribution in [1.82, 2.24) is 0 Å². The summed E-state index contributed by atoms with van der Waals surface area (Å²) in [6.07, 6.45) is -0.564. The fraction of sp³-hybridized carbons (Fsp3) is 0.100. The maximum Gasteiger partial charge on any atom is 0.229 e. The van der Waals surface area contributed by atoms with E-state index in [1.54, 1.807) is 36.4 Å². The quantitative estimate of drug-likeness (QED) is 0.378. The summed E-state index contributed by atoms with van der Waals surface area (Å²) < 4.78 is 0. The average molecular weight is 404 g/mol. The van der Waals surface area contributed by atoms with Crippen molar-refractivity contribution in [3.05, 3.63) is 70.8 Å². The molecule has 0 saturated carbocycles. The van der Waals surface area contributed by atoms with Crippen LogP contribution in [0.15, 0.2) is 48.5 Å². The monoisotopic (exact) mass is 404 g/mol. The summed E-state index contributed by atoms with van der Waals surface area (Å²) in [7, 11) is 0. The molecular formula is C20H12FeO6. The largest absolute Gasteiger partial charge is 0.294 e. The van der Waals surface area contributed by atoms with Crippen LogP contribution in [0.2, 0.25) is 0 Å². The standard InChI is InChI=1S/2C10H6O3.Fe/c2*11-8-5-9(12)10(13)7-4-2-1-3-6(7)8;/h2*1-4H,5H2;. The van der Waals surface area contributed by atoms with Crippen LogP contribution in [0.3, 0.4) is 0 Å². The minimum absolute atomic E-state index is 0. The predicted molar refractivity (Wildman–Crippen MR) is 89.5 cm³/mol. The van der Waals surface area contributed by atoms with Gasteiger partial charge in [-0.05, 0) is 0 Å². The van der Waals surface area contributed by atoms with Crippen molar-refractivity contribution in [3.63, 3.8) is 0 Å². The number of Topliss-reactive ketones (excluding diaryl/α,β-unsaturated/α-hetero) is 6. The molecule has 27 heavy (non-hydrogen) atoms. The van der Waals surface area contributed by atoms with E-state index in [0.29, 0.717) is 11.1 Å². The third-order valence-corrected chi connectivity index (χ3v) is 4.09. The Balaban J connectivity index is 0.000000187. The van der Waals surface area contributed by atoms with Gasteiger partial charge in [0, 0.05) is 39.3 Å². The molecule has 0 fully saturated rings. The SMILES string of the molecule is O=C1CC(=O)c2ccccc2C1=O.O=C1CC(=O)c2ccccc2C1=O.[Fe]. The zero-order valence-corrected chi connectivity index (χ0v) is 14.9. The molecule has 0 amide bonds. The molecule has 6 nitrogen and oxygen atoms in total. The van der Waals surface area contributed by atoms with Crippen molar-refractivity contribution in [1.29, 1.82) is 0 Å². The number of ketones is 6. The molecule has 2 aromatic rings. The van der Waals surface area contributed by atoms with E-state index in [2.05, 4.69) is 0 Å². The molecule has 0 heterocycles. The van der Waals surface area contributed by atoms with Crippen LogP contribution in [0, 0.1) is 0 Å². The van der Waals surface area contributed by atoms with Crippen LogP contribution < -0.4 is 0 Å². The first-order valence-corrected chi connectivity index (χ1v) is 7.79. The summed E-state index contributed by atoms with van der Waals surface area (Å²) in [6.45, 7) is 0. The Kier molecular flexibility index (Phi) is 6.10. The normalized spacial score (nSPS) is 15.3. The Morgan fingerprint density at radius 1 is 0.444 bits per heavy atom. The second kappa shape index (κ2) is 8.12. The van der Waals surface area contributed by atoms with Gasteiger partial charge in [0.2, 0.25) is 23.1 Å². The minimum Gasteiger partial charge on any atom is -0.294 e. The maximum absolute atomic E-state index is 11.3. The molecule has 0 aromatic heterocycles. The zero-order valence-electron chi connectivity index (χ0n) is 13.8. The van der Waals surface area contributed by atoms with Crippen LogP contribution >= 0.6 is 0 Å². The van der Waals surface area contributed by atoms with E-state index in [4.69, 9.17) is 0 Å². The molecule has 0 atom stereocenters. The van der Waals surface area contributed by atoms with Crippen LogP contribution in [-0.4, -0.2) is 34.7 Å². The summed E-state index contributed by atoms with van der Waals surface area (Å²) in [6, 6.07) is 12.8. The van der Waals surface area contributed by atoms with Gasteiger partial charge >= 0.3 is 0 Å². The average Bonchev–Trinajstić information content (AvgIpc) is 2.65. The number of hydrogen-bond acceptors (Lipinski definition) is 6. The number of carbonyl (C=O) groups excluding carboxylic acids is 6. The first-order valence-electron chi connectivity index (χ1n) is 7.79. The van der Waals surface area contributed by atoms with E-state index in [9.17, 15) is 28.8 Å². The third-order valence-electron chi connectivity index (χ3n) is 4.09. The van der Waals surface area contributed by atoms with Crippen molar-refractivity contribution in [2.45, 2.75) is 12.8 Å². The third kappa shape index (κ3) is 3.89. The number of benzene rings is 2. The summed E-state index contributed by atoms with van der Waals surface area (Å²) >= 11 is 0. The van der Waals surface area contributed by atoms with Gasteiger partial charge in [0.1, 0.15) is 0 Å². The summed E-state index contributed by atoms with van der Waals surface area (Å²) in [4.78, 5) is 67.1. The molecule has 136 valence electrons. The molecule has 0 bridgehead atoms. The number of fused-ring (bicyclic) bond motifs is 2. The van der Waals surface area contributed by atoms with E-state index in [-0.39, 0.29) is 52.6 Å². The summed E-state index contributed by atoms with van der Waals surface area (Å²) in [5.74, 6) is -2.83. The van der Waals surface area contributed by atoms with Crippen molar-refractivity contribution < 1.29 is 45.8 Å². The summed E-state index contributed by atoms with van der Waals surface area (Å²) in [5.41, 5.74) is 1.21. The predicted octanol–water partition coefficient (Wildman–Crippen LogP) is 2.05. The van der Waals surface area contributed by atoms with Gasteiger partial charge in [-0.25, -0.2) is 0 Å². The second-order valence-corrected chi connectivity index (χ2v) is 5.80. The Labute approximate surface area is 164 Å². The summed E-state index contributed by atoms with van der Waals surface area (Å²) in [5, 5.41) is 0. The fourth-order valence-electron chi connectivity index (χ4n) is 2.79. The van der Waals surface area contributed by atoms with Gasteiger partial charge < -0.3 is 0 Å². The van der Waals surface area contributed by atoms with Gasteiger partial charge in [0.15, 0.2) is 11.6 Å². The zero-order chi connectivity index (χ0) is 18.8. The van der Waals surface area contributed by atoms with E-state index in [0.717, 1.165) is 0 Å². The van der Waals surface area contributed by atoms with Gasteiger partial charge in [-0.2, -0.15) is 0 Å². The molecule has 0 aliphatic heterocycles. The second-order valence-electron chi connectivity index (χ2n) is 5.80. The molecule has 0 N–H and O–H groups in total. The van der Waals surface area contributed by atoms with E-state index >= 15 is 0 Å². The molecule has 2 aliphatic rings. The molecule has 7 heteroatoms. The number of rotatable bonds is 0. The number of hydrogen-bond donors (Lipinski definition) is 0. The molecular weight excluding hydrogens is 392 g/mol. The van der Waals surface area contributed by atoms with Crippen LogP contribution in [0.1, 0.15) is 54.3 Å². The first-order chi connectivity index (χ1) is 12.4. The fourth-order valence-corrected chi connectivity index (χ4v) is 2.79. The Hall–Kier alpha value is -3.02. The molecule has 2 aliphatic carbocycles.